The average molecular weight is 543 g/mol. The SMILES string of the molecule is Cc1nc(-c2cn(C3CC(CNc4ccc5c(c4)C(=O)N(C4CCC(=O)NC4=O)C5)C3)nc2C2CC2)ccc1F. The van der Waals surface area contributed by atoms with Crippen molar-refractivity contribution >= 4 is 23.4 Å². The number of carbonyl (C=O) groups excluding carboxylic acids is 3. The molecule has 1 aromatic carbocycles. The van der Waals surface area contributed by atoms with Crippen molar-refractivity contribution in [3.8, 4) is 11.3 Å². The number of rotatable bonds is 7. The molecule has 1 saturated heterocycles. The molecule has 40 heavy (non-hydrogen) atoms. The Kier molecular flexibility index (Phi) is 5.94. The van der Waals surface area contributed by atoms with Crippen LogP contribution in [0.4, 0.5) is 10.1 Å². The molecule has 3 fully saturated rings. The minimum Gasteiger partial charge on any atom is -0.385 e. The molecule has 2 saturated carbocycles. The van der Waals surface area contributed by atoms with E-state index in [9.17, 15) is 18.8 Å². The van der Waals surface area contributed by atoms with Crippen molar-refractivity contribution < 1.29 is 18.8 Å². The summed E-state index contributed by atoms with van der Waals surface area (Å²) >= 11 is 0. The molecular weight excluding hydrogens is 511 g/mol. The lowest BCUT2D eigenvalue weighted by Gasteiger charge is -2.35. The van der Waals surface area contributed by atoms with Gasteiger partial charge in [0.25, 0.3) is 5.91 Å². The number of anilines is 1. The van der Waals surface area contributed by atoms with Gasteiger partial charge in [0.05, 0.1) is 23.1 Å². The highest BCUT2D eigenvalue weighted by molar-refractivity contribution is 6.05. The summed E-state index contributed by atoms with van der Waals surface area (Å²) in [5.74, 6) is -0.188. The summed E-state index contributed by atoms with van der Waals surface area (Å²) in [7, 11) is 0. The number of imide groups is 1. The molecule has 4 aliphatic rings. The number of halogens is 1. The van der Waals surface area contributed by atoms with Crippen LogP contribution in [0.2, 0.25) is 0 Å². The lowest BCUT2D eigenvalue weighted by molar-refractivity contribution is -0.136. The molecule has 2 aromatic heterocycles. The van der Waals surface area contributed by atoms with E-state index in [2.05, 4.69) is 26.5 Å². The number of benzene rings is 1. The van der Waals surface area contributed by atoms with Crippen LogP contribution in [0, 0.1) is 18.7 Å². The Morgan fingerprint density at radius 3 is 2.65 bits per heavy atom. The van der Waals surface area contributed by atoms with Crippen molar-refractivity contribution in [2.24, 2.45) is 5.92 Å². The van der Waals surface area contributed by atoms with E-state index in [0.717, 1.165) is 60.4 Å². The number of nitrogens with one attached hydrogen (secondary N) is 2. The maximum Gasteiger partial charge on any atom is 0.255 e. The zero-order chi connectivity index (χ0) is 27.5. The van der Waals surface area contributed by atoms with Crippen LogP contribution in [-0.2, 0) is 16.1 Å². The Bertz CT molecular complexity index is 1540. The van der Waals surface area contributed by atoms with Crippen LogP contribution in [0.3, 0.4) is 0 Å². The third kappa shape index (κ3) is 4.45. The highest BCUT2D eigenvalue weighted by Gasteiger charge is 2.39. The number of fused-ring (bicyclic) bond motifs is 1. The quantitative estimate of drug-likeness (QED) is 0.436. The molecule has 10 heteroatoms. The molecule has 2 N–H and O–H groups in total. The van der Waals surface area contributed by atoms with E-state index >= 15 is 0 Å². The second kappa shape index (κ2) is 9.53. The number of nitrogens with zero attached hydrogens (tertiary/aromatic N) is 4. The number of aryl methyl sites for hydroxylation is 1. The largest absolute Gasteiger partial charge is 0.385 e. The van der Waals surface area contributed by atoms with E-state index in [0.29, 0.717) is 42.1 Å². The Labute approximate surface area is 231 Å². The van der Waals surface area contributed by atoms with Crippen molar-refractivity contribution in [3.63, 3.8) is 0 Å². The van der Waals surface area contributed by atoms with E-state index in [4.69, 9.17) is 5.10 Å². The minimum absolute atomic E-state index is 0.163. The standard InChI is InChI=1S/C30H31FN6O3/c1-16-24(31)6-7-25(33-16)23-15-37(35-28(23)18-2-3-18)21-10-17(11-21)13-32-20-5-4-19-14-36(30(40)22(19)12-20)26-8-9-27(38)34-29(26)39/h4-7,12,15,17-18,21,26,32H,2-3,8-11,13-14H2,1H3,(H,34,38,39). The van der Waals surface area contributed by atoms with Crippen LogP contribution < -0.4 is 10.6 Å². The van der Waals surface area contributed by atoms with E-state index < -0.39 is 11.9 Å². The van der Waals surface area contributed by atoms with Gasteiger partial charge in [0.1, 0.15) is 11.9 Å². The number of pyridine rings is 1. The monoisotopic (exact) mass is 542 g/mol. The molecule has 0 spiro atoms. The molecule has 0 bridgehead atoms. The molecular formula is C30H31FN6O3. The van der Waals surface area contributed by atoms with E-state index in [-0.39, 0.29) is 24.1 Å². The van der Waals surface area contributed by atoms with Crippen LogP contribution in [0.1, 0.15) is 77.8 Å². The maximum absolute atomic E-state index is 13.8. The second-order valence-corrected chi connectivity index (χ2v) is 11.6. The summed E-state index contributed by atoms with van der Waals surface area (Å²) in [4.78, 5) is 42.9. The third-order valence-electron chi connectivity index (χ3n) is 8.73. The van der Waals surface area contributed by atoms with Gasteiger partial charge in [-0.05, 0) is 74.8 Å². The van der Waals surface area contributed by atoms with Crippen LogP contribution in [0.25, 0.3) is 11.3 Å². The van der Waals surface area contributed by atoms with Gasteiger partial charge in [0, 0.05) is 48.4 Å². The first-order chi connectivity index (χ1) is 19.3. The van der Waals surface area contributed by atoms with Crippen molar-refractivity contribution in [1.29, 1.82) is 0 Å². The van der Waals surface area contributed by atoms with E-state index in [1.165, 1.54) is 6.07 Å². The van der Waals surface area contributed by atoms with Gasteiger partial charge >= 0.3 is 0 Å². The van der Waals surface area contributed by atoms with Gasteiger partial charge in [-0.3, -0.25) is 24.4 Å². The molecule has 3 aromatic rings. The fourth-order valence-electron chi connectivity index (χ4n) is 6.15. The lowest BCUT2D eigenvalue weighted by Crippen LogP contribution is -2.52. The molecule has 1 unspecified atom stereocenters. The summed E-state index contributed by atoms with van der Waals surface area (Å²) in [5, 5.41) is 10.8. The molecule has 206 valence electrons. The van der Waals surface area contributed by atoms with Gasteiger partial charge in [-0.2, -0.15) is 5.10 Å². The fourth-order valence-corrected chi connectivity index (χ4v) is 6.15. The van der Waals surface area contributed by atoms with Gasteiger partial charge in [-0.25, -0.2) is 9.37 Å². The summed E-state index contributed by atoms with van der Waals surface area (Å²) < 4.78 is 15.9. The van der Waals surface area contributed by atoms with Crippen molar-refractivity contribution in [3.05, 3.63) is 64.9 Å². The Balaban J connectivity index is 0.974. The Morgan fingerprint density at radius 2 is 1.90 bits per heavy atom. The molecule has 2 aliphatic heterocycles. The van der Waals surface area contributed by atoms with Crippen LogP contribution >= 0.6 is 0 Å². The number of aromatic nitrogens is 3. The first-order valence-electron chi connectivity index (χ1n) is 14.1. The maximum atomic E-state index is 13.8. The summed E-state index contributed by atoms with van der Waals surface area (Å²) in [5.41, 5.74) is 5.68. The molecule has 9 nitrogen and oxygen atoms in total. The van der Waals surface area contributed by atoms with Crippen LogP contribution in [0.5, 0.6) is 0 Å². The number of piperidine rings is 1. The predicted octanol–water partition coefficient (Wildman–Crippen LogP) is 4.09. The molecule has 0 radical (unpaired) electrons. The van der Waals surface area contributed by atoms with Gasteiger partial charge in [0.2, 0.25) is 11.8 Å². The first kappa shape index (κ1) is 24.9. The zero-order valence-corrected chi connectivity index (χ0v) is 22.3. The summed E-state index contributed by atoms with van der Waals surface area (Å²) in [6, 6.07) is 8.75. The first-order valence-corrected chi connectivity index (χ1v) is 14.1. The minimum atomic E-state index is -0.605. The smallest absolute Gasteiger partial charge is 0.255 e. The summed E-state index contributed by atoms with van der Waals surface area (Å²) in [6.45, 7) is 2.87. The lowest BCUT2D eigenvalue weighted by atomic mass is 9.80. The van der Waals surface area contributed by atoms with Gasteiger partial charge in [0.15, 0.2) is 0 Å². The summed E-state index contributed by atoms with van der Waals surface area (Å²) in [6.07, 6.45) is 6.96. The number of amides is 3. The molecule has 7 rings (SSSR count). The fraction of sp³-hybridized carbons (Fsp3) is 0.433. The van der Waals surface area contributed by atoms with Crippen molar-refractivity contribution in [2.75, 3.05) is 11.9 Å². The number of hydrogen-bond donors (Lipinski definition) is 2. The molecule has 1 atom stereocenters. The number of hydrogen-bond acceptors (Lipinski definition) is 6. The third-order valence-corrected chi connectivity index (χ3v) is 8.73. The van der Waals surface area contributed by atoms with Crippen LogP contribution in [-0.4, -0.2) is 50.0 Å². The Morgan fingerprint density at radius 1 is 1.07 bits per heavy atom. The average Bonchev–Trinajstić information content (AvgIpc) is 3.59. The van der Waals surface area contributed by atoms with Crippen molar-refractivity contribution in [1.82, 2.24) is 25.0 Å². The van der Waals surface area contributed by atoms with Crippen LogP contribution in [0.15, 0.2) is 36.5 Å². The van der Waals surface area contributed by atoms with Gasteiger partial charge in [-0.15, -0.1) is 0 Å². The van der Waals surface area contributed by atoms with E-state index in [1.54, 1.807) is 17.9 Å². The topological polar surface area (TPSA) is 109 Å². The second-order valence-electron chi connectivity index (χ2n) is 11.6. The zero-order valence-electron chi connectivity index (χ0n) is 22.3. The van der Waals surface area contributed by atoms with Crippen molar-refractivity contribution in [2.45, 2.75) is 70.0 Å². The number of carbonyl (C=O) groups is 3. The predicted molar refractivity (Wildman–Crippen MR) is 145 cm³/mol. The Hall–Kier alpha value is -4.08. The highest BCUT2D eigenvalue weighted by Crippen LogP contribution is 2.45. The molecule has 3 amide bonds. The molecule has 4 heterocycles. The molecule has 2 aliphatic carbocycles. The van der Waals surface area contributed by atoms with E-state index in [1.807, 2.05) is 18.2 Å². The van der Waals surface area contributed by atoms with Gasteiger partial charge < -0.3 is 10.2 Å². The highest BCUT2D eigenvalue weighted by atomic mass is 19.1. The normalized spacial score (nSPS) is 24.1. The van der Waals surface area contributed by atoms with Gasteiger partial charge in [-0.1, -0.05) is 6.07 Å².